The van der Waals surface area contributed by atoms with E-state index in [1.54, 1.807) is 26.1 Å². The number of carbonyl (C=O) groups is 1. The Balaban J connectivity index is 1.25. The Hall–Kier alpha value is -3.75. The van der Waals surface area contributed by atoms with Crippen LogP contribution in [0.4, 0.5) is 5.82 Å². The van der Waals surface area contributed by atoms with E-state index >= 15 is 0 Å². The predicted molar refractivity (Wildman–Crippen MR) is 156 cm³/mol. The number of piperidine rings is 1. The first kappa shape index (κ1) is 26.8. The van der Waals surface area contributed by atoms with Gasteiger partial charge in [0.1, 0.15) is 11.5 Å². The number of anilines is 1. The molecule has 0 atom stereocenters. The average molecular weight is 527 g/mol. The fraction of sp³-hybridized carbons (Fsp3) is 0.387. The zero-order valence-electron chi connectivity index (χ0n) is 23.4. The summed E-state index contributed by atoms with van der Waals surface area (Å²) in [5.41, 5.74) is 6.56. The molecule has 1 aliphatic heterocycles. The molecule has 39 heavy (non-hydrogen) atoms. The molecule has 204 valence electrons. The minimum Gasteiger partial charge on any atom is -0.383 e. The van der Waals surface area contributed by atoms with Crippen LogP contribution in [0.2, 0.25) is 0 Å². The molecule has 0 spiro atoms. The number of nitrogens with zero attached hydrogens (tertiary/aromatic N) is 5. The van der Waals surface area contributed by atoms with Gasteiger partial charge in [0.2, 0.25) is 0 Å². The number of pyridine rings is 2. The number of methoxy groups -OCH3 is 1. The van der Waals surface area contributed by atoms with Crippen LogP contribution >= 0.6 is 0 Å². The minimum atomic E-state index is 0.0483. The average Bonchev–Trinajstić information content (AvgIpc) is 3.28. The summed E-state index contributed by atoms with van der Waals surface area (Å²) >= 11 is 0. The van der Waals surface area contributed by atoms with Gasteiger partial charge in [0, 0.05) is 75.9 Å². The number of fused-ring (bicyclic) bond motifs is 1. The van der Waals surface area contributed by atoms with Crippen LogP contribution in [-0.4, -0.2) is 77.7 Å². The highest BCUT2D eigenvalue weighted by molar-refractivity contribution is 5.94. The van der Waals surface area contributed by atoms with Crippen LogP contribution in [-0.2, 0) is 18.3 Å². The Bertz CT molecular complexity index is 1400. The van der Waals surface area contributed by atoms with Crippen molar-refractivity contribution in [1.82, 2.24) is 24.3 Å². The fourth-order valence-corrected chi connectivity index (χ4v) is 5.42. The van der Waals surface area contributed by atoms with Gasteiger partial charge in [-0.15, -0.1) is 0 Å². The lowest BCUT2D eigenvalue weighted by Crippen LogP contribution is -2.33. The number of amides is 1. The summed E-state index contributed by atoms with van der Waals surface area (Å²) in [5.74, 6) is 1.42. The number of rotatable bonds is 9. The number of aromatic nitrogens is 3. The van der Waals surface area contributed by atoms with E-state index in [0.29, 0.717) is 12.5 Å². The van der Waals surface area contributed by atoms with Crippen LogP contribution in [0.25, 0.3) is 22.2 Å². The zero-order chi connectivity index (χ0) is 27.4. The third-order valence-corrected chi connectivity index (χ3v) is 7.72. The Morgan fingerprint density at radius 2 is 1.85 bits per heavy atom. The van der Waals surface area contributed by atoms with Crippen molar-refractivity contribution in [3.63, 3.8) is 0 Å². The summed E-state index contributed by atoms with van der Waals surface area (Å²) in [7, 11) is 7.38. The van der Waals surface area contributed by atoms with E-state index in [9.17, 15) is 4.79 Å². The van der Waals surface area contributed by atoms with Gasteiger partial charge in [-0.3, -0.25) is 9.69 Å². The molecule has 1 aliphatic rings. The summed E-state index contributed by atoms with van der Waals surface area (Å²) in [6.45, 7) is 4.37. The van der Waals surface area contributed by atoms with E-state index in [0.717, 1.165) is 72.6 Å². The molecule has 0 aliphatic carbocycles. The number of nitrogens with one attached hydrogen (secondary N) is 1. The molecule has 3 aromatic heterocycles. The molecule has 0 unspecified atom stereocenters. The molecule has 4 heterocycles. The molecule has 1 saturated heterocycles. The van der Waals surface area contributed by atoms with Gasteiger partial charge in [0.05, 0.1) is 6.61 Å². The molecule has 1 amide bonds. The number of hydrogen-bond donors (Lipinski definition) is 1. The topological polar surface area (TPSA) is 75.5 Å². The highest BCUT2D eigenvalue weighted by Gasteiger charge is 2.22. The smallest absolute Gasteiger partial charge is 0.253 e. The van der Waals surface area contributed by atoms with Gasteiger partial charge in [0.25, 0.3) is 5.91 Å². The quantitative estimate of drug-likeness (QED) is 0.317. The van der Waals surface area contributed by atoms with Gasteiger partial charge in [-0.25, -0.2) is 9.97 Å². The van der Waals surface area contributed by atoms with Crippen molar-refractivity contribution in [3.05, 3.63) is 77.7 Å². The monoisotopic (exact) mass is 526 g/mol. The third-order valence-electron chi connectivity index (χ3n) is 7.72. The van der Waals surface area contributed by atoms with Crippen molar-refractivity contribution in [2.24, 2.45) is 7.05 Å². The van der Waals surface area contributed by atoms with Crippen molar-refractivity contribution in [3.8, 4) is 11.1 Å². The Morgan fingerprint density at radius 1 is 1.08 bits per heavy atom. The van der Waals surface area contributed by atoms with E-state index in [1.165, 1.54) is 11.3 Å². The van der Waals surface area contributed by atoms with Crippen LogP contribution in [0.3, 0.4) is 0 Å². The summed E-state index contributed by atoms with van der Waals surface area (Å²) in [6.07, 6.45) is 6.04. The first-order valence-electron chi connectivity index (χ1n) is 13.6. The molecule has 0 radical (unpaired) electrons. The Morgan fingerprint density at radius 3 is 2.51 bits per heavy atom. The lowest BCUT2D eigenvalue weighted by Gasteiger charge is -2.32. The SMILES string of the molecule is COCCNc1ccc(-c2ccnc3c2cc(CN2CCC(c4ccc(C(=O)N(C)C)cc4)CC2)n3C)cn1. The largest absolute Gasteiger partial charge is 0.383 e. The molecule has 1 fully saturated rings. The normalized spacial score (nSPS) is 14.6. The van der Waals surface area contributed by atoms with Gasteiger partial charge in [-0.05, 0) is 79.4 Å². The Labute approximate surface area is 230 Å². The second kappa shape index (κ2) is 12.0. The van der Waals surface area contributed by atoms with Crippen molar-refractivity contribution in [2.75, 3.05) is 52.8 Å². The number of hydrogen-bond acceptors (Lipinski definition) is 6. The highest BCUT2D eigenvalue weighted by atomic mass is 16.5. The first-order valence-corrected chi connectivity index (χ1v) is 13.6. The summed E-state index contributed by atoms with van der Waals surface area (Å²) in [5, 5.41) is 4.42. The summed E-state index contributed by atoms with van der Waals surface area (Å²) < 4.78 is 7.32. The highest BCUT2D eigenvalue weighted by Crippen LogP contribution is 2.32. The van der Waals surface area contributed by atoms with Crippen LogP contribution in [0.15, 0.2) is 60.9 Å². The van der Waals surface area contributed by atoms with Gasteiger partial charge in [-0.1, -0.05) is 12.1 Å². The number of ether oxygens (including phenoxy) is 1. The molecular formula is C31H38N6O2. The lowest BCUT2D eigenvalue weighted by atomic mass is 9.89. The lowest BCUT2D eigenvalue weighted by molar-refractivity contribution is 0.0827. The molecule has 8 heteroatoms. The van der Waals surface area contributed by atoms with Crippen LogP contribution in [0.1, 0.15) is 40.4 Å². The molecule has 0 bridgehead atoms. The van der Waals surface area contributed by atoms with Crippen molar-refractivity contribution in [2.45, 2.75) is 25.3 Å². The number of carbonyl (C=O) groups excluding carboxylic acids is 1. The second-order valence-corrected chi connectivity index (χ2v) is 10.5. The number of aryl methyl sites for hydroxylation is 1. The minimum absolute atomic E-state index is 0.0483. The molecule has 0 saturated carbocycles. The fourth-order valence-electron chi connectivity index (χ4n) is 5.42. The van der Waals surface area contributed by atoms with Gasteiger partial charge in [0.15, 0.2) is 0 Å². The summed E-state index contributed by atoms with van der Waals surface area (Å²) in [6, 6.07) is 16.7. The van der Waals surface area contributed by atoms with E-state index in [4.69, 9.17) is 9.72 Å². The predicted octanol–water partition coefficient (Wildman–Crippen LogP) is 4.78. The maximum atomic E-state index is 12.2. The van der Waals surface area contributed by atoms with E-state index < -0.39 is 0 Å². The standard InChI is InChI=1S/C31H38N6O2/c1-35(2)31(38)24-7-5-22(6-8-24)23-12-16-37(17-13-23)21-26-19-28-27(11-14-33-30(28)36(26)3)25-9-10-29(34-20-25)32-15-18-39-4/h5-11,14,19-20,23H,12-13,15-18,21H2,1-4H3,(H,32,34). The molecule has 5 rings (SSSR count). The molecule has 4 aromatic rings. The molecular weight excluding hydrogens is 488 g/mol. The van der Waals surface area contributed by atoms with E-state index in [2.05, 4.69) is 57.1 Å². The van der Waals surface area contributed by atoms with Gasteiger partial charge >= 0.3 is 0 Å². The number of benzene rings is 1. The van der Waals surface area contributed by atoms with Crippen LogP contribution in [0.5, 0.6) is 0 Å². The Kier molecular flexibility index (Phi) is 8.24. The maximum absolute atomic E-state index is 12.2. The maximum Gasteiger partial charge on any atom is 0.253 e. The van der Waals surface area contributed by atoms with E-state index in [-0.39, 0.29) is 5.91 Å². The van der Waals surface area contributed by atoms with Crippen molar-refractivity contribution in [1.29, 1.82) is 0 Å². The first-order chi connectivity index (χ1) is 18.9. The molecule has 1 aromatic carbocycles. The van der Waals surface area contributed by atoms with Crippen LogP contribution in [0, 0.1) is 0 Å². The summed E-state index contributed by atoms with van der Waals surface area (Å²) in [4.78, 5) is 25.7. The molecule has 8 nitrogen and oxygen atoms in total. The third kappa shape index (κ3) is 5.97. The van der Waals surface area contributed by atoms with Gasteiger partial charge < -0.3 is 19.5 Å². The second-order valence-electron chi connectivity index (χ2n) is 10.5. The van der Waals surface area contributed by atoms with E-state index in [1.807, 2.05) is 30.6 Å². The number of likely N-dealkylation sites (tertiary alicyclic amines) is 1. The zero-order valence-corrected chi connectivity index (χ0v) is 23.4. The van der Waals surface area contributed by atoms with Gasteiger partial charge in [-0.2, -0.15) is 0 Å². The van der Waals surface area contributed by atoms with Crippen molar-refractivity contribution < 1.29 is 9.53 Å². The molecule has 1 N–H and O–H groups in total. The van der Waals surface area contributed by atoms with Crippen molar-refractivity contribution >= 4 is 22.8 Å². The van der Waals surface area contributed by atoms with Crippen LogP contribution < -0.4 is 5.32 Å².